The molecule has 11 heteroatoms. The highest BCUT2D eigenvalue weighted by molar-refractivity contribution is 7.88. The predicted octanol–water partition coefficient (Wildman–Crippen LogP) is -0.0162. The van der Waals surface area contributed by atoms with Gasteiger partial charge in [-0.2, -0.15) is 5.06 Å². The van der Waals surface area contributed by atoms with Crippen molar-refractivity contribution in [1.29, 1.82) is 0 Å². The van der Waals surface area contributed by atoms with Gasteiger partial charge in [-0.3, -0.25) is 14.5 Å². The summed E-state index contributed by atoms with van der Waals surface area (Å²) in [5.74, 6) is -0.434. The molecule has 0 saturated carbocycles. The van der Waals surface area contributed by atoms with Crippen molar-refractivity contribution in [2.45, 2.75) is 31.5 Å². The average molecular weight is 412 g/mol. The van der Waals surface area contributed by atoms with E-state index in [1.54, 1.807) is 0 Å². The molecule has 0 aromatic heterocycles. The molecule has 0 spiro atoms. The van der Waals surface area contributed by atoms with Gasteiger partial charge in [0.05, 0.1) is 18.9 Å². The van der Waals surface area contributed by atoms with Crippen molar-refractivity contribution in [3.05, 3.63) is 35.9 Å². The van der Waals surface area contributed by atoms with Crippen LogP contribution >= 0.6 is 0 Å². The molecule has 2 bridgehead atoms. The minimum absolute atomic E-state index is 0.0194. The normalized spacial score (nSPS) is 21.8. The number of hydrogen-bond donors (Lipinski definition) is 2. The molecule has 3 amide bonds. The zero-order chi connectivity index (χ0) is 20.1. The maximum atomic E-state index is 12.6. The summed E-state index contributed by atoms with van der Waals surface area (Å²) in [7, 11) is -3.31. The van der Waals surface area contributed by atoms with E-state index in [4.69, 9.17) is 9.68 Å². The van der Waals surface area contributed by atoms with Crippen molar-refractivity contribution in [1.82, 2.24) is 20.2 Å². The molecule has 1 aromatic carbocycles. The number of hydroxylamine groups is 3. The maximum Gasteiger partial charge on any atom is 0.345 e. The van der Waals surface area contributed by atoms with Crippen LogP contribution in [0.3, 0.4) is 0 Å². The number of nitrogens with zero attached hydrogens (tertiary/aromatic N) is 2. The first kappa shape index (κ1) is 20.5. The van der Waals surface area contributed by atoms with Gasteiger partial charge in [0.25, 0.3) is 5.91 Å². The van der Waals surface area contributed by atoms with Crippen molar-refractivity contribution in [2.24, 2.45) is 0 Å². The molecule has 2 atom stereocenters. The zero-order valence-electron chi connectivity index (χ0n) is 15.5. The number of nitrogens with one attached hydrogen (secondary N) is 2. The summed E-state index contributed by atoms with van der Waals surface area (Å²) in [6.07, 6.45) is 2.18. The van der Waals surface area contributed by atoms with Gasteiger partial charge in [-0.05, 0) is 18.4 Å². The van der Waals surface area contributed by atoms with Gasteiger partial charge < -0.3 is 4.90 Å². The van der Waals surface area contributed by atoms with Crippen LogP contribution in [0.15, 0.2) is 30.3 Å². The number of benzene rings is 1. The van der Waals surface area contributed by atoms with Gasteiger partial charge in [-0.15, -0.1) is 0 Å². The minimum Gasteiger partial charge on any atom is -0.309 e. The second-order valence-corrected chi connectivity index (χ2v) is 8.58. The monoisotopic (exact) mass is 412 g/mol. The Kier molecular flexibility index (Phi) is 6.50. The lowest BCUT2D eigenvalue weighted by atomic mass is 10.0. The molecule has 2 aliphatic rings. The minimum atomic E-state index is -3.31. The number of urea groups is 1. The Morgan fingerprint density at radius 2 is 2.00 bits per heavy atom. The maximum absolute atomic E-state index is 12.6. The molecule has 10 nitrogen and oxygen atoms in total. The number of hydrogen-bond acceptors (Lipinski definition) is 6. The molecule has 0 radical (unpaired) electrons. The van der Waals surface area contributed by atoms with Crippen LogP contribution in [-0.4, -0.2) is 68.4 Å². The number of carbonyl (C=O) groups excluding carboxylic acids is 2. The van der Waals surface area contributed by atoms with Crippen LogP contribution in [0.1, 0.15) is 18.4 Å². The Hall–Kier alpha value is -2.21. The van der Waals surface area contributed by atoms with E-state index in [-0.39, 0.29) is 31.8 Å². The number of amides is 3. The SMILES string of the molecule is CS(=O)(=O)NCCONC(=O)[C@@H]1CC[C@@H]2CN1C(=O)N2OCc1ccccc1. The van der Waals surface area contributed by atoms with E-state index >= 15 is 0 Å². The molecule has 2 aliphatic heterocycles. The van der Waals surface area contributed by atoms with Crippen molar-refractivity contribution < 1.29 is 27.7 Å². The van der Waals surface area contributed by atoms with E-state index in [2.05, 4.69) is 10.2 Å². The van der Waals surface area contributed by atoms with Crippen LogP contribution in [0, 0.1) is 0 Å². The molecule has 0 aliphatic carbocycles. The molecule has 154 valence electrons. The Balaban J connectivity index is 1.47. The standard InChI is InChI=1S/C17H24N4O6S/c1-28(24,25)18-9-10-26-19-16(22)15-8-7-14-11-20(15)17(23)21(14)27-12-13-5-3-2-4-6-13/h2-6,14-15,18H,7-12H2,1H3,(H,19,22)/t14-,15+/m1/s1. The highest BCUT2D eigenvalue weighted by Crippen LogP contribution is 2.30. The van der Waals surface area contributed by atoms with E-state index in [1.165, 1.54) is 9.96 Å². The lowest BCUT2D eigenvalue weighted by Crippen LogP contribution is -2.50. The Morgan fingerprint density at radius 1 is 1.25 bits per heavy atom. The van der Waals surface area contributed by atoms with Gasteiger partial charge in [0, 0.05) is 13.1 Å². The summed E-state index contributed by atoms with van der Waals surface area (Å²) >= 11 is 0. The van der Waals surface area contributed by atoms with Crippen LogP contribution in [0.2, 0.25) is 0 Å². The number of piperidine rings is 1. The van der Waals surface area contributed by atoms with Crippen LogP contribution in [-0.2, 0) is 31.1 Å². The summed E-state index contributed by atoms with van der Waals surface area (Å²) in [5.41, 5.74) is 3.24. The Bertz CT molecular complexity index is 803. The van der Waals surface area contributed by atoms with Gasteiger partial charge >= 0.3 is 6.03 Å². The Morgan fingerprint density at radius 3 is 2.71 bits per heavy atom. The molecular formula is C17H24N4O6S. The first-order chi connectivity index (χ1) is 13.3. The van der Waals surface area contributed by atoms with Gasteiger partial charge in [-0.1, -0.05) is 30.3 Å². The van der Waals surface area contributed by atoms with Gasteiger partial charge in [0.1, 0.15) is 12.6 Å². The quantitative estimate of drug-likeness (QED) is 0.435. The van der Waals surface area contributed by atoms with E-state index < -0.39 is 22.0 Å². The fourth-order valence-electron chi connectivity index (χ4n) is 3.26. The largest absolute Gasteiger partial charge is 0.345 e. The zero-order valence-corrected chi connectivity index (χ0v) is 16.4. The summed E-state index contributed by atoms with van der Waals surface area (Å²) in [4.78, 5) is 37.2. The lowest BCUT2D eigenvalue weighted by molar-refractivity contribution is -0.141. The van der Waals surface area contributed by atoms with E-state index in [9.17, 15) is 18.0 Å². The molecule has 28 heavy (non-hydrogen) atoms. The van der Waals surface area contributed by atoms with Gasteiger partial charge in [-0.25, -0.2) is 23.4 Å². The number of fused-ring (bicyclic) bond motifs is 2. The highest BCUT2D eigenvalue weighted by atomic mass is 32.2. The van der Waals surface area contributed by atoms with Crippen LogP contribution < -0.4 is 10.2 Å². The number of carbonyl (C=O) groups is 2. The number of rotatable bonds is 9. The molecular weight excluding hydrogens is 388 g/mol. The van der Waals surface area contributed by atoms with Crippen LogP contribution in [0.4, 0.5) is 4.79 Å². The fraction of sp³-hybridized carbons (Fsp3) is 0.529. The summed E-state index contributed by atoms with van der Waals surface area (Å²) in [6, 6.07) is 8.48. The van der Waals surface area contributed by atoms with Crippen LogP contribution in [0.5, 0.6) is 0 Å². The van der Waals surface area contributed by atoms with Gasteiger partial charge in [0.15, 0.2) is 0 Å². The average Bonchev–Trinajstić information content (AvgIpc) is 2.90. The van der Waals surface area contributed by atoms with Crippen LogP contribution in [0.25, 0.3) is 0 Å². The lowest BCUT2D eigenvalue weighted by Gasteiger charge is -2.28. The van der Waals surface area contributed by atoms with E-state index in [1.807, 2.05) is 30.3 Å². The molecule has 2 saturated heterocycles. The summed E-state index contributed by atoms with van der Waals surface area (Å²) < 4.78 is 24.2. The molecule has 2 fully saturated rings. The first-order valence-corrected chi connectivity index (χ1v) is 10.9. The Labute approximate surface area is 163 Å². The van der Waals surface area contributed by atoms with Crippen molar-refractivity contribution in [2.75, 3.05) is 26.0 Å². The van der Waals surface area contributed by atoms with E-state index in [0.717, 1.165) is 11.8 Å². The third-order valence-corrected chi connectivity index (χ3v) is 5.31. The van der Waals surface area contributed by atoms with Crippen molar-refractivity contribution >= 4 is 22.0 Å². The van der Waals surface area contributed by atoms with Gasteiger partial charge in [0.2, 0.25) is 10.0 Å². The molecule has 2 N–H and O–H groups in total. The second-order valence-electron chi connectivity index (χ2n) is 6.75. The molecule has 3 rings (SSSR count). The third kappa shape index (κ3) is 5.19. The fourth-order valence-corrected chi connectivity index (χ4v) is 3.71. The third-order valence-electron chi connectivity index (χ3n) is 4.58. The number of sulfonamides is 1. The predicted molar refractivity (Wildman–Crippen MR) is 98.9 cm³/mol. The van der Waals surface area contributed by atoms with Crippen molar-refractivity contribution in [3.8, 4) is 0 Å². The van der Waals surface area contributed by atoms with E-state index in [0.29, 0.717) is 19.4 Å². The summed E-state index contributed by atoms with van der Waals surface area (Å²) in [6.45, 7) is 0.718. The smallest absolute Gasteiger partial charge is 0.309 e. The molecule has 1 aromatic rings. The van der Waals surface area contributed by atoms with Crippen molar-refractivity contribution in [3.63, 3.8) is 0 Å². The topological polar surface area (TPSA) is 117 Å². The summed E-state index contributed by atoms with van der Waals surface area (Å²) in [5, 5.41) is 1.36. The second kappa shape index (κ2) is 8.86. The molecule has 0 unspecified atom stereocenters. The first-order valence-electron chi connectivity index (χ1n) is 8.98. The highest BCUT2D eigenvalue weighted by Gasteiger charge is 2.48. The molecule has 2 heterocycles.